The molecule has 1 heterocycles. The van der Waals surface area contributed by atoms with Crippen LogP contribution < -0.4 is 4.74 Å². The maximum absolute atomic E-state index is 9.09. The van der Waals surface area contributed by atoms with Crippen molar-refractivity contribution < 1.29 is 9.26 Å². The van der Waals surface area contributed by atoms with Crippen molar-refractivity contribution in [2.75, 3.05) is 7.11 Å². The van der Waals surface area contributed by atoms with Crippen LogP contribution in [0.5, 0.6) is 5.88 Å². The second-order valence-electron chi connectivity index (χ2n) is 3.28. The molecule has 0 radical (unpaired) electrons. The third kappa shape index (κ3) is 2.04. The summed E-state index contributed by atoms with van der Waals surface area (Å²) >= 11 is 3.32. The normalized spacial score (nSPS) is 9.94. The second-order valence-corrected chi connectivity index (χ2v) is 3.84. The summed E-state index contributed by atoms with van der Waals surface area (Å²) in [4.78, 5) is 0. The molecule has 1 aromatic carbocycles. The van der Waals surface area contributed by atoms with Crippen LogP contribution in [0.2, 0.25) is 0 Å². The van der Waals surface area contributed by atoms with Gasteiger partial charge in [0.05, 0.1) is 29.6 Å². The van der Waals surface area contributed by atoms with Crippen molar-refractivity contribution in [2.45, 2.75) is 5.33 Å². The lowest BCUT2D eigenvalue weighted by atomic mass is 10.0. The van der Waals surface area contributed by atoms with Crippen LogP contribution in [0.4, 0.5) is 0 Å². The Morgan fingerprint density at radius 3 is 2.88 bits per heavy atom. The Bertz CT molecular complexity index is 551. The molecule has 0 saturated heterocycles. The van der Waals surface area contributed by atoms with Gasteiger partial charge in [0, 0.05) is 5.56 Å². The largest absolute Gasteiger partial charge is 0.478 e. The molecule has 4 nitrogen and oxygen atoms in total. The Morgan fingerprint density at radius 2 is 2.24 bits per heavy atom. The number of nitriles is 1. The molecular weight excluding hydrogens is 284 g/mol. The zero-order valence-electron chi connectivity index (χ0n) is 9.11. The van der Waals surface area contributed by atoms with Gasteiger partial charge in [0.1, 0.15) is 0 Å². The van der Waals surface area contributed by atoms with Crippen LogP contribution >= 0.6 is 15.9 Å². The van der Waals surface area contributed by atoms with Gasteiger partial charge in [-0.3, -0.25) is 0 Å². The summed E-state index contributed by atoms with van der Waals surface area (Å²) in [5.74, 6) is 1.03. The fourth-order valence-electron chi connectivity index (χ4n) is 1.60. The van der Waals surface area contributed by atoms with E-state index in [2.05, 4.69) is 27.2 Å². The number of aromatic nitrogens is 1. The third-order valence-corrected chi connectivity index (χ3v) is 2.87. The molecule has 0 N–H and O–H groups in total. The minimum absolute atomic E-state index is 0.391. The number of halogens is 1. The number of methoxy groups -OCH3 is 1. The van der Waals surface area contributed by atoms with Crippen molar-refractivity contribution in [1.29, 1.82) is 5.26 Å². The highest BCUT2D eigenvalue weighted by atomic mass is 79.9. The number of hydrogen-bond donors (Lipinski definition) is 0. The van der Waals surface area contributed by atoms with Gasteiger partial charge in [-0.1, -0.05) is 34.1 Å². The van der Waals surface area contributed by atoms with Crippen LogP contribution in [-0.4, -0.2) is 12.3 Å². The molecule has 0 amide bonds. The van der Waals surface area contributed by atoms with Gasteiger partial charge in [0.2, 0.25) is 0 Å². The Balaban J connectivity index is 2.67. The lowest BCUT2D eigenvalue weighted by Crippen LogP contribution is -1.90. The summed E-state index contributed by atoms with van der Waals surface area (Å²) < 4.78 is 10.3. The number of nitrogens with zero attached hydrogens (tertiary/aromatic N) is 2. The van der Waals surface area contributed by atoms with E-state index in [9.17, 15) is 0 Å². The molecule has 0 aliphatic carbocycles. The quantitative estimate of drug-likeness (QED) is 0.816. The maximum atomic E-state index is 9.09. The van der Waals surface area contributed by atoms with Crippen molar-refractivity contribution in [2.24, 2.45) is 0 Å². The number of benzene rings is 1. The molecule has 0 saturated carbocycles. The summed E-state index contributed by atoms with van der Waals surface area (Å²) in [5.41, 5.74) is 2.06. The summed E-state index contributed by atoms with van der Waals surface area (Å²) in [6.07, 6.45) is 0. The van der Waals surface area contributed by atoms with E-state index in [1.807, 2.05) is 18.2 Å². The third-order valence-electron chi connectivity index (χ3n) is 2.36. The SMILES string of the molecule is COc1noc(CBr)c1-c1ccccc1C#N. The first-order chi connectivity index (χ1) is 8.31. The fourth-order valence-corrected chi connectivity index (χ4v) is 1.98. The summed E-state index contributed by atoms with van der Waals surface area (Å²) in [6, 6.07) is 9.42. The molecule has 17 heavy (non-hydrogen) atoms. The van der Waals surface area contributed by atoms with Crippen molar-refractivity contribution in [3.63, 3.8) is 0 Å². The topological polar surface area (TPSA) is 59.1 Å². The van der Waals surface area contributed by atoms with E-state index in [-0.39, 0.29) is 0 Å². The van der Waals surface area contributed by atoms with E-state index in [4.69, 9.17) is 14.5 Å². The van der Waals surface area contributed by atoms with Gasteiger partial charge in [0.25, 0.3) is 5.88 Å². The zero-order valence-corrected chi connectivity index (χ0v) is 10.7. The smallest absolute Gasteiger partial charge is 0.262 e. The predicted octanol–water partition coefficient (Wildman–Crippen LogP) is 3.12. The van der Waals surface area contributed by atoms with Crippen LogP contribution in [0.15, 0.2) is 28.8 Å². The Kier molecular flexibility index (Phi) is 3.45. The molecule has 0 atom stereocenters. The van der Waals surface area contributed by atoms with Crippen LogP contribution in [-0.2, 0) is 5.33 Å². The molecule has 2 rings (SSSR count). The first kappa shape index (κ1) is 11.7. The first-order valence-corrected chi connectivity index (χ1v) is 6.02. The lowest BCUT2D eigenvalue weighted by molar-refractivity contribution is 0.331. The molecule has 0 spiro atoms. The lowest BCUT2D eigenvalue weighted by Gasteiger charge is -2.03. The zero-order chi connectivity index (χ0) is 12.3. The monoisotopic (exact) mass is 292 g/mol. The van der Waals surface area contributed by atoms with Crippen LogP contribution in [0, 0.1) is 11.3 Å². The average molecular weight is 293 g/mol. The van der Waals surface area contributed by atoms with Crippen molar-refractivity contribution in [3.05, 3.63) is 35.6 Å². The Morgan fingerprint density at radius 1 is 1.47 bits per heavy atom. The minimum Gasteiger partial charge on any atom is -0.478 e. The van der Waals surface area contributed by atoms with E-state index >= 15 is 0 Å². The van der Waals surface area contributed by atoms with Crippen LogP contribution in [0.1, 0.15) is 11.3 Å². The number of rotatable bonds is 3. The van der Waals surface area contributed by atoms with Gasteiger partial charge in [-0.25, -0.2) is 0 Å². The van der Waals surface area contributed by atoms with Gasteiger partial charge in [0.15, 0.2) is 5.76 Å². The summed E-state index contributed by atoms with van der Waals surface area (Å²) in [7, 11) is 1.52. The van der Waals surface area contributed by atoms with Gasteiger partial charge in [-0.15, -0.1) is 0 Å². The Hall–Kier alpha value is -1.80. The van der Waals surface area contributed by atoms with E-state index in [1.165, 1.54) is 7.11 Å². The summed E-state index contributed by atoms with van der Waals surface area (Å²) in [6.45, 7) is 0. The molecule has 0 fully saturated rings. The predicted molar refractivity (Wildman–Crippen MR) is 65.8 cm³/mol. The highest BCUT2D eigenvalue weighted by molar-refractivity contribution is 9.08. The van der Waals surface area contributed by atoms with Crippen molar-refractivity contribution in [3.8, 4) is 23.1 Å². The van der Waals surface area contributed by atoms with E-state index in [0.717, 1.165) is 11.1 Å². The highest BCUT2D eigenvalue weighted by Gasteiger charge is 2.19. The maximum Gasteiger partial charge on any atom is 0.262 e. The highest BCUT2D eigenvalue weighted by Crippen LogP contribution is 2.35. The van der Waals surface area contributed by atoms with Gasteiger partial charge < -0.3 is 9.26 Å². The molecule has 0 unspecified atom stereocenters. The molecule has 0 aliphatic rings. The van der Waals surface area contributed by atoms with E-state index in [1.54, 1.807) is 6.07 Å². The minimum atomic E-state index is 0.391. The van der Waals surface area contributed by atoms with Crippen LogP contribution in [0.3, 0.4) is 0 Å². The average Bonchev–Trinajstić information content (AvgIpc) is 2.81. The fraction of sp³-hybridized carbons (Fsp3) is 0.167. The summed E-state index contributed by atoms with van der Waals surface area (Å²) in [5, 5.41) is 13.4. The molecule has 0 bridgehead atoms. The van der Waals surface area contributed by atoms with E-state index in [0.29, 0.717) is 22.5 Å². The van der Waals surface area contributed by atoms with Crippen molar-refractivity contribution in [1.82, 2.24) is 5.16 Å². The Labute approximate surface area is 107 Å². The van der Waals surface area contributed by atoms with Gasteiger partial charge in [-0.05, 0) is 11.2 Å². The van der Waals surface area contributed by atoms with Crippen LogP contribution in [0.25, 0.3) is 11.1 Å². The van der Waals surface area contributed by atoms with E-state index < -0.39 is 0 Å². The number of hydrogen-bond acceptors (Lipinski definition) is 4. The molecule has 0 aliphatic heterocycles. The molecule has 86 valence electrons. The van der Waals surface area contributed by atoms with Gasteiger partial charge >= 0.3 is 0 Å². The number of ether oxygens (including phenoxy) is 1. The first-order valence-electron chi connectivity index (χ1n) is 4.89. The second kappa shape index (κ2) is 5.02. The van der Waals surface area contributed by atoms with Crippen molar-refractivity contribution >= 4 is 15.9 Å². The molecular formula is C12H9BrN2O2. The molecule has 5 heteroatoms. The molecule has 2 aromatic rings. The standard InChI is InChI=1S/C12H9BrN2O2/c1-16-12-11(10(6-13)17-15-12)9-5-3-2-4-8(9)7-14/h2-5H,6H2,1H3. The van der Waals surface area contributed by atoms with Gasteiger partial charge in [-0.2, -0.15) is 5.26 Å². The number of alkyl halides is 1. The molecule has 1 aromatic heterocycles.